The van der Waals surface area contributed by atoms with Gasteiger partial charge in [-0.2, -0.15) is 0 Å². The second kappa shape index (κ2) is 7.03. The average Bonchev–Trinajstić information content (AvgIpc) is 3.15. The van der Waals surface area contributed by atoms with Gasteiger partial charge >= 0.3 is 0 Å². The molecule has 2 N–H and O–H groups in total. The van der Waals surface area contributed by atoms with E-state index in [0.29, 0.717) is 24.5 Å². The third-order valence-corrected chi connectivity index (χ3v) is 5.33. The lowest BCUT2D eigenvalue weighted by atomic mass is 9.92. The maximum atomic E-state index is 12.5. The molecular formula is C20H24N4O2. The van der Waals surface area contributed by atoms with Crippen LogP contribution < -0.4 is 10.2 Å². The summed E-state index contributed by atoms with van der Waals surface area (Å²) >= 11 is 0. The van der Waals surface area contributed by atoms with Crippen molar-refractivity contribution in [1.29, 1.82) is 0 Å². The molecule has 4 rings (SSSR count). The van der Waals surface area contributed by atoms with Gasteiger partial charge in [0.05, 0.1) is 12.1 Å². The minimum absolute atomic E-state index is 0.124. The van der Waals surface area contributed by atoms with Crippen molar-refractivity contribution < 1.29 is 9.90 Å². The number of nitrogens with zero attached hydrogens (tertiary/aromatic N) is 3. The lowest BCUT2D eigenvalue weighted by Gasteiger charge is -2.39. The van der Waals surface area contributed by atoms with Crippen LogP contribution in [0.1, 0.15) is 40.7 Å². The SMILES string of the molecule is O=C(NCC1(O)CCCN(c2ncccn2)C1)c1ccc2c(c1)CCC2. The number of benzene rings is 1. The molecule has 0 spiro atoms. The molecule has 136 valence electrons. The fourth-order valence-corrected chi connectivity index (χ4v) is 3.94. The van der Waals surface area contributed by atoms with Crippen LogP contribution >= 0.6 is 0 Å². The van der Waals surface area contributed by atoms with Crippen LogP contribution in [-0.4, -0.2) is 46.2 Å². The monoisotopic (exact) mass is 352 g/mol. The minimum Gasteiger partial charge on any atom is -0.386 e. The average molecular weight is 352 g/mol. The molecule has 1 amide bonds. The molecule has 1 fully saturated rings. The van der Waals surface area contributed by atoms with E-state index in [1.165, 1.54) is 11.1 Å². The van der Waals surface area contributed by atoms with Crippen LogP contribution in [0, 0.1) is 0 Å². The van der Waals surface area contributed by atoms with Gasteiger partial charge in [-0.1, -0.05) is 6.07 Å². The highest BCUT2D eigenvalue weighted by Gasteiger charge is 2.34. The standard InChI is InChI=1S/C20H24N4O2/c25-18(17-7-6-15-4-1-5-16(15)12-17)23-13-20(26)8-2-11-24(14-20)19-21-9-3-10-22-19/h3,6-7,9-10,12,26H,1-2,4-5,8,11,13-14H2,(H,23,25). The summed E-state index contributed by atoms with van der Waals surface area (Å²) in [6.07, 6.45) is 8.21. The molecule has 6 nitrogen and oxygen atoms in total. The molecule has 1 aliphatic carbocycles. The number of carbonyl (C=O) groups is 1. The Hall–Kier alpha value is -2.47. The van der Waals surface area contributed by atoms with E-state index in [1.807, 2.05) is 17.0 Å². The number of fused-ring (bicyclic) bond motifs is 1. The normalized spacial score (nSPS) is 22.1. The van der Waals surface area contributed by atoms with Crippen molar-refractivity contribution in [3.8, 4) is 0 Å². The van der Waals surface area contributed by atoms with Crippen LogP contribution in [0.5, 0.6) is 0 Å². The first-order chi connectivity index (χ1) is 12.6. The largest absolute Gasteiger partial charge is 0.386 e. The predicted octanol–water partition coefficient (Wildman–Crippen LogP) is 1.73. The number of aryl methyl sites for hydroxylation is 2. The Morgan fingerprint density at radius 2 is 2.00 bits per heavy atom. The Morgan fingerprint density at radius 3 is 2.85 bits per heavy atom. The first-order valence-electron chi connectivity index (χ1n) is 9.27. The van der Waals surface area contributed by atoms with E-state index in [4.69, 9.17) is 0 Å². The van der Waals surface area contributed by atoms with E-state index in [0.717, 1.165) is 32.2 Å². The van der Waals surface area contributed by atoms with E-state index >= 15 is 0 Å². The second-order valence-electron chi connectivity index (χ2n) is 7.32. The maximum Gasteiger partial charge on any atom is 0.251 e. The zero-order valence-corrected chi connectivity index (χ0v) is 14.8. The summed E-state index contributed by atoms with van der Waals surface area (Å²) in [5, 5.41) is 13.9. The molecule has 1 atom stereocenters. The van der Waals surface area contributed by atoms with Crippen LogP contribution in [0.15, 0.2) is 36.7 Å². The summed E-state index contributed by atoms with van der Waals surface area (Å²) in [4.78, 5) is 23.0. The molecule has 1 unspecified atom stereocenters. The van der Waals surface area contributed by atoms with Gasteiger partial charge in [-0.25, -0.2) is 9.97 Å². The topological polar surface area (TPSA) is 78.4 Å². The van der Waals surface area contributed by atoms with Gasteiger partial charge in [0.25, 0.3) is 5.91 Å². The number of nitrogens with one attached hydrogen (secondary N) is 1. The zero-order valence-electron chi connectivity index (χ0n) is 14.8. The molecule has 0 radical (unpaired) electrons. The highest BCUT2D eigenvalue weighted by Crippen LogP contribution is 2.24. The molecule has 6 heteroatoms. The molecule has 1 saturated heterocycles. The number of β-amino-alcohol motifs (C(OH)–C–C–N with tert-alkyl or cyclic N) is 1. The summed E-state index contributed by atoms with van der Waals surface area (Å²) in [6, 6.07) is 7.71. The van der Waals surface area contributed by atoms with Gasteiger partial charge in [0.15, 0.2) is 0 Å². The van der Waals surface area contributed by atoms with E-state index in [2.05, 4.69) is 21.4 Å². The van der Waals surface area contributed by atoms with Crippen molar-refractivity contribution in [2.45, 2.75) is 37.7 Å². The van der Waals surface area contributed by atoms with E-state index in [-0.39, 0.29) is 12.5 Å². The molecule has 2 aromatic rings. The Balaban J connectivity index is 1.39. The fourth-order valence-electron chi connectivity index (χ4n) is 3.94. The highest BCUT2D eigenvalue weighted by atomic mass is 16.3. The lowest BCUT2D eigenvalue weighted by molar-refractivity contribution is 0.0252. The van der Waals surface area contributed by atoms with Gasteiger partial charge in [0, 0.05) is 31.0 Å². The predicted molar refractivity (Wildman–Crippen MR) is 99.2 cm³/mol. The number of hydrogen-bond acceptors (Lipinski definition) is 5. The number of carbonyl (C=O) groups excluding carboxylic acids is 1. The number of aromatic nitrogens is 2. The minimum atomic E-state index is -0.968. The Labute approximate surface area is 153 Å². The van der Waals surface area contributed by atoms with Gasteiger partial charge < -0.3 is 15.3 Å². The third kappa shape index (κ3) is 3.55. The van der Waals surface area contributed by atoms with Crippen molar-refractivity contribution in [3.63, 3.8) is 0 Å². The van der Waals surface area contributed by atoms with Crippen LogP contribution in [0.2, 0.25) is 0 Å². The lowest BCUT2D eigenvalue weighted by Crippen LogP contribution is -2.54. The molecule has 2 heterocycles. The molecule has 1 aromatic heterocycles. The molecule has 1 aliphatic heterocycles. The van der Waals surface area contributed by atoms with Crippen LogP contribution in [0.4, 0.5) is 5.95 Å². The summed E-state index contributed by atoms with van der Waals surface area (Å²) in [7, 11) is 0. The second-order valence-corrected chi connectivity index (χ2v) is 7.32. The van der Waals surface area contributed by atoms with Crippen LogP contribution in [0.25, 0.3) is 0 Å². The van der Waals surface area contributed by atoms with Gasteiger partial charge in [-0.15, -0.1) is 0 Å². The molecule has 0 saturated carbocycles. The zero-order chi connectivity index (χ0) is 18.0. The smallest absolute Gasteiger partial charge is 0.251 e. The summed E-state index contributed by atoms with van der Waals surface area (Å²) in [5.41, 5.74) is 2.34. The van der Waals surface area contributed by atoms with E-state index in [1.54, 1.807) is 18.5 Å². The first kappa shape index (κ1) is 17.0. The Kier molecular flexibility index (Phi) is 4.59. The number of amides is 1. The highest BCUT2D eigenvalue weighted by molar-refractivity contribution is 5.94. The van der Waals surface area contributed by atoms with Crippen molar-refractivity contribution in [2.24, 2.45) is 0 Å². The Morgan fingerprint density at radius 1 is 1.19 bits per heavy atom. The van der Waals surface area contributed by atoms with Crippen molar-refractivity contribution in [1.82, 2.24) is 15.3 Å². The summed E-state index contributed by atoms with van der Waals surface area (Å²) in [5.74, 6) is 0.497. The van der Waals surface area contributed by atoms with E-state index in [9.17, 15) is 9.90 Å². The number of anilines is 1. The van der Waals surface area contributed by atoms with Crippen molar-refractivity contribution >= 4 is 11.9 Å². The number of aliphatic hydroxyl groups is 1. The van der Waals surface area contributed by atoms with Crippen LogP contribution in [0.3, 0.4) is 0 Å². The summed E-state index contributed by atoms with van der Waals surface area (Å²) in [6.45, 7) is 1.46. The van der Waals surface area contributed by atoms with Crippen LogP contribution in [-0.2, 0) is 12.8 Å². The molecule has 1 aromatic carbocycles. The first-order valence-corrected chi connectivity index (χ1v) is 9.27. The number of hydrogen-bond donors (Lipinski definition) is 2. The van der Waals surface area contributed by atoms with Gasteiger partial charge in [-0.3, -0.25) is 4.79 Å². The van der Waals surface area contributed by atoms with Gasteiger partial charge in [0.2, 0.25) is 5.95 Å². The maximum absolute atomic E-state index is 12.5. The fraction of sp³-hybridized carbons (Fsp3) is 0.450. The third-order valence-electron chi connectivity index (χ3n) is 5.33. The van der Waals surface area contributed by atoms with E-state index < -0.39 is 5.60 Å². The van der Waals surface area contributed by atoms with Gasteiger partial charge in [-0.05, 0) is 61.4 Å². The summed E-state index contributed by atoms with van der Waals surface area (Å²) < 4.78 is 0. The molecule has 2 aliphatic rings. The quantitative estimate of drug-likeness (QED) is 0.876. The molecule has 26 heavy (non-hydrogen) atoms. The molecular weight excluding hydrogens is 328 g/mol. The molecule has 0 bridgehead atoms. The van der Waals surface area contributed by atoms with Crippen molar-refractivity contribution in [2.75, 3.05) is 24.5 Å². The number of rotatable bonds is 4. The van der Waals surface area contributed by atoms with Crippen molar-refractivity contribution in [3.05, 3.63) is 53.3 Å². The van der Waals surface area contributed by atoms with Gasteiger partial charge in [0.1, 0.15) is 0 Å². The number of piperidine rings is 1. The Bertz CT molecular complexity index is 796.